The minimum Gasteiger partial charge on any atom is -0.497 e. The molecule has 0 aromatic heterocycles. The van der Waals surface area contributed by atoms with E-state index in [0.29, 0.717) is 0 Å². The lowest BCUT2D eigenvalue weighted by Crippen LogP contribution is -1.91. The summed E-state index contributed by atoms with van der Waals surface area (Å²) in [5, 5.41) is 0. The fourth-order valence-electron chi connectivity index (χ4n) is 1.31. The first kappa shape index (κ1) is 9.58. The summed E-state index contributed by atoms with van der Waals surface area (Å²) in [4.78, 5) is 4.08. The number of aryl methyl sites for hydroxylation is 2. The highest BCUT2D eigenvalue weighted by Crippen LogP contribution is 2.27. The van der Waals surface area contributed by atoms with E-state index in [-0.39, 0.29) is 0 Å². The molecule has 2 N–H and O–H groups in total. The number of rotatable bonds is 2. The third-order valence-electron chi connectivity index (χ3n) is 1.90. The van der Waals surface area contributed by atoms with Gasteiger partial charge < -0.3 is 10.5 Å². The van der Waals surface area contributed by atoms with Crippen LogP contribution in [-0.2, 0) is 0 Å². The van der Waals surface area contributed by atoms with Gasteiger partial charge in [-0.2, -0.15) is 0 Å². The van der Waals surface area contributed by atoms with Gasteiger partial charge >= 0.3 is 0 Å². The van der Waals surface area contributed by atoms with Gasteiger partial charge in [0, 0.05) is 0 Å². The summed E-state index contributed by atoms with van der Waals surface area (Å²) in [6.45, 7) is 3.97. The number of nitrogens with zero attached hydrogens (tertiary/aromatic N) is 1. The highest BCUT2D eigenvalue weighted by atomic mass is 16.5. The Balaban J connectivity index is 3.22. The van der Waals surface area contributed by atoms with E-state index in [0.717, 1.165) is 22.6 Å². The number of hydrogen-bond acceptors (Lipinski definition) is 2. The monoisotopic (exact) mass is 178 g/mol. The van der Waals surface area contributed by atoms with E-state index in [1.54, 1.807) is 7.11 Å². The summed E-state index contributed by atoms with van der Waals surface area (Å²) in [7, 11) is 1.65. The average Bonchev–Trinajstić information content (AvgIpc) is 2.11. The second kappa shape index (κ2) is 3.94. The van der Waals surface area contributed by atoms with Crippen molar-refractivity contribution in [3.05, 3.63) is 23.3 Å². The molecule has 0 radical (unpaired) electrons. The van der Waals surface area contributed by atoms with Crippen LogP contribution in [0.5, 0.6) is 5.75 Å². The summed E-state index contributed by atoms with van der Waals surface area (Å²) in [5.41, 5.74) is 8.30. The van der Waals surface area contributed by atoms with Crippen molar-refractivity contribution in [2.45, 2.75) is 13.8 Å². The van der Waals surface area contributed by atoms with E-state index < -0.39 is 0 Å². The summed E-state index contributed by atoms with van der Waals surface area (Å²) >= 11 is 0. The van der Waals surface area contributed by atoms with Crippen molar-refractivity contribution in [2.24, 2.45) is 10.7 Å². The molecule has 0 fully saturated rings. The summed E-state index contributed by atoms with van der Waals surface area (Å²) in [6, 6.07) is 3.88. The molecule has 0 bridgehead atoms. The van der Waals surface area contributed by atoms with E-state index in [1.807, 2.05) is 26.0 Å². The van der Waals surface area contributed by atoms with Crippen LogP contribution in [-0.4, -0.2) is 13.4 Å². The molecule has 0 aliphatic carbocycles. The predicted molar refractivity (Wildman–Crippen MR) is 54.8 cm³/mol. The van der Waals surface area contributed by atoms with Crippen LogP contribution >= 0.6 is 0 Å². The van der Waals surface area contributed by atoms with Crippen LogP contribution in [0.25, 0.3) is 0 Å². The Morgan fingerprint density at radius 3 is 2.23 bits per heavy atom. The predicted octanol–water partition coefficient (Wildman–Crippen LogP) is 1.93. The van der Waals surface area contributed by atoms with Crippen molar-refractivity contribution in [3.8, 4) is 5.75 Å². The molecular formula is C10H14N2O. The fourth-order valence-corrected chi connectivity index (χ4v) is 1.31. The minimum atomic E-state index is 0.853. The molecule has 1 aromatic rings. The third-order valence-corrected chi connectivity index (χ3v) is 1.90. The zero-order valence-corrected chi connectivity index (χ0v) is 8.16. The number of hydrogen-bond donors (Lipinski definition) is 1. The first-order chi connectivity index (χ1) is 6.19. The maximum absolute atomic E-state index is 5.25. The zero-order valence-electron chi connectivity index (χ0n) is 8.16. The van der Waals surface area contributed by atoms with Crippen LogP contribution in [0, 0.1) is 13.8 Å². The molecule has 0 heterocycles. The van der Waals surface area contributed by atoms with Gasteiger partial charge in [-0.15, -0.1) is 0 Å². The quantitative estimate of drug-likeness (QED) is 0.555. The lowest BCUT2D eigenvalue weighted by Gasteiger charge is -2.07. The molecule has 1 rings (SSSR count). The van der Waals surface area contributed by atoms with E-state index in [1.165, 1.54) is 6.34 Å². The van der Waals surface area contributed by atoms with Gasteiger partial charge in [0.2, 0.25) is 0 Å². The van der Waals surface area contributed by atoms with Crippen molar-refractivity contribution >= 4 is 12.0 Å². The first-order valence-electron chi connectivity index (χ1n) is 4.08. The second-order valence-electron chi connectivity index (χ2n) is 2.89. The van der Waals surface area contributed by atoms with E-state index >= 15 is 0 Å². The molecule has 0 atom stereocenters. The molecule has 0 saturated carbocycles. The van der Waals surface area contributed by atoms with Gasteiger partial charge in [-0.1, -0.05) is 0 Å². The topological polar surface area (TPSA) is 47.6 Å². The van der Waals surface area contributed by atoms with E-state index in [2.05, 4.69) is 4.99 Å². The molecule has 0 unspecified atom stereocenters. The van der Waals surface area contributed by atoms with Crippen molar-refractivity contribution < 1.29 is 4.74 Å². The molecule has 0 saturated heterocycles. The van der Waals surface area contributed by atoms with Gasteiger partial charge in [0.25, 0.3) is 0 Å². The molecule has 70 valence electrons. The van der Waals surface area contributed by atoms with Crippen LogP contribution in [0.1, 0.15) is 11.1 Å². The first-order valence-corrected chi connectivity index (χ1v) is 4.08. The Hall–Kier alpha value is -1.51. The van der Waals surface area contributed by atoms with Crippen LogP contribution in [0.15, 0.2) is 17.1 Å². The Morgan fingerprint density at radius 1 is 1.31 bits per heavy atom. The third kappa shape index (κ3) is 1.99. The Bertz CT molecular complexity index is 309. The van der Waals surface area contributed by atoms with Crippen molar-refractivity contribution in [1.29, 1.82) is 0 Å². The Kier molecular flexibility index (Phi) is 2.90. The van der Waals surface area contributed by atoms with Gasteiger partial charge in [-0.25, -0.2) is 4.99 Å². The minimum absolute atomic E-state index is 0.853. The molecule has 0 aliphatic rings. The van der Waals surface area contributed by atoms with E-state index in [4.69, 9.17) is 10.5 Å². The Morgan fingerprint density at radius 2 is 1.85 bits per heavy atom. The Labute approximate surface area is 78.2 Å². The zero-order chi connectivity index (χ0) is 9.84. The fraction of sp³-hybridized carbons (Fsp3) is 0.300. The molecule has 0 aliphatic heterocycles. The number of benzene rings is 1. The highest BCUT2D eigenvalue weighted by molar-refractivity contribution is 5.64. The summed E-state index contributed by atoms with van der Waals surface area (Å²) < 4.78 is 5.13. The molecule has 13 heavy (non-hydrogen) atoms. The SMILES string of the molecule is COc1cc(C)c(N=CN)c(C)c1. The van der Waals surface area contributed by atoms with Gasteiger partial charge in [0.1, 0.15) is 5.75 Å². The van der Waals surface area contributed by atoms with Gasteiger partial charge in [-0.3, -0.25) is 0 Å². The average molecular weight is 178 g/mol. The lowest BCUT2D eigenvalue weighted by atomic mass is 10.1. The van der Waals surface area contributed by atoms with Crippen LogP contribution < -0.4 is 10.5 Å². The molecular weight excluding hydrogens is 164 g/mol. The normalized spacial score (nSPS) is 10.7. The van der Waals surface area contributed by atoms with Crippen LogP contribution in [0.2, 0.25) is 0 Å². The van der Waals surface area contributed by atoms with Crippen molar-refractivity contribution in [3.63, 3.8) is 0 Å². The maximum Gasteiger partial charge on any atom is 0.119 e. The highest BCUT2D eigenvalue weighted by Gasteiger charge is 2.02. The number of nitrogens with two attached hydrogens (primary N) is 1. The number of methoxy groups -OCH3 is 1. The summed E-state index contributed by atoms with van der Waals surface area (Å²) in [6.07, 6.45) is 1.31. The van der Waals surface area contributed by atoms with Gasteiger partial charge in [0.15, 0.2) is 0 Å². The van der Waals surface area contributed by atoms with E-state index in [9.17, 15) is 0 Å². The smallest absolute Gasteiger partial charge is 0.119 e. The molecule has 3 heteroatoms. The van der Waals surface area contributed by atoms with Crippen LogP contribution in [0.3, 0.4) is 0 Å². The van der Waals surface area contributed by atoms with Crippen LogP contribution in [0.4, 0.5) is 5.69 Å². The van der Waals surface area contributed by atoms with Gasteiger partial charge in [-0.05, 0) is 37.1 Å². The maximum atomic E-state index is 5.25. The standard InChI is InChI=1S/C10H14N2O/c1-7-4-9(13-3)5-8(2)10(7)12-6-11/h4-6H,1-3H3,(H2,11,12). The van der Waals surface area contributed by atoms with Crippen molar-refractivity contribution in [1.82, 2.24) is 0 Å². The number of aliphatic imine (C=N–C) groups is 1. The number of ether oxygens (including phenoxy) is 1. The molecule has 0 spiro atoms. The largest absolute Gasteiger partial charge is 0.497 e. The lowest BCUT2D eigenvalue weighted by molar-refractivity contribution is 0.414. The summed E-state index contributed by atoms with van der Waals surface area (Å²) in [5.74, 6) is 0.853. The molecule has 3 nitrogen and oxygen atoms in total. The molecule has 0 amide bonds. The molecule has 1 aromatic carbocycles. The second-order valence-corrected chi connectivity index (χ2v) is 2.89. The van der Waals surface area contributed by atoms with Gasteiger partial charge in [0.05, 0.1) is 19.1 Å². The van der Waals surface area contributed by atoms with Crippen molar-refractivity contribution in [2.75, 3.05) is 7.11 Å².